The van der Waals surface area contributed by atoms with Gasteiger partial charge in [0, 0.05) is 42.7 Å². The number of carbonyl (C=O) groups is 2. The van der Waals surface area contributed by atoms with Crippen LogP contribution < -0.4 is 21.7 Å². The molecule has 6 N–H and O–H groups in total. The number of aliphatic imine (C=N–C) groups is 1. The maximum atomic E-state index is 14.4. The third-order valence-electron chi connectivity index (χ3n) is 5.43. The molecule has 0 aliphatic carbocycles. The summed E-state index contributed by atoms with van der Waals surface area (Å²) in [4.78, 5) is 27.3. The number of nitrogens with zero attached hydrogens (tertiary/aromatic N) is 1. The number of nitrogens with two attached hydrogens (primary N) is 1. The Labute approximate surface area is 219 Å². The Morgan fingerprint density at radius 3 is 2.26 bits per heavy atom. The SMILES string of the molecule is COC(=O)NC(C(=O)NC[C@@H](O)CNCc1c(F)cc(C(N)=CC=NCC(F)F)cc1F)C(C)(C)C(F)(F)F. The molecule has 0 aromatic heterocycles. The number of hydrogen-bond acceptors (Lipinski definition) is 7. The van der Waals surface area contributed by atoms with Crippen molar-refractivity contribution in [1.82, 2.24) is 16.0 Å². The van der Waals surface area contributed by atoms with Crippen molar-refractivity contribution in [3.63, 3.8) is 0 Å². The molecular weight excluding hydrogens is 543 g/mol. The van der Waals surface area contributed by atoms with E-state index in [2.05, 4.69) is 20.4 Å². The van der Waals surface area contributed by atoms with Crippen molar-refractivity contribution in [1.29, 1.82) is 0 Å². The predicted octanol–water partition coefficient (Wildman–Crippen LogP) is 2.48. The molecule has 0 fully saturated rings. The summed E-state index contributed by atoms with van der Waals surface area (Å²) in [5.41, 5.74) is 2.34. The van der Waals surface area contributed by atoms with Gasteiger partial charge in [0.05, 0.1) is 25.2 Å². The lowest BCUT2D eigenvalue weighted by Crippen LogP contribution is -2.60. The molecule has 9 nitrogen and oxygen atoms in total. The second-order valence-corrected chi connectivity index (χ2v) is 8.76. The predicted molar refractivity (Wildman–Crippen MR) is 128 cm³/mol. The number of nitrogens with one attached hydrogen (secondary N) is 3. The van der Waals surface area contributed by atoms with Crippen LogP contribution in [0.15, 0.2) is 23.2 Å². The van der Waals surface area contributed by atoms with Gasteiger partial charge < -0.3 is 31.5 Å². The van der Waals surface area contributed by atoms with Crippen LogP contribution in [0.5, 0.6) is 0 Å². The van der Waals surface area contributed by atoms with Crippen molar-refractivity contribution in [2.24, 2.45) is 16.1 Å². The van der Waals surface area contributed by atoms with Gasteiger partial charge in [-0.1, -0.05) is 0 Å². The number of amides is 2. The minimum atomic E-state index is -4.89. The molecule has 220 valence electrons. The molecule has 0 heterocycles. The van der Waals surface area contributed by atoms with Gasteiger partial charge >= 0.3 is 12.3 Å². The van der Waals surface area contributed by atoms with Gasteiger partial charge in [0.25, 0.3) is 6.43 Å². The highest BCUT2D eigenvalue weighted by atomic mass is 19.4. The molecule has 0 spiro atoms. The maximum absolute atomic E-state index is 14.4. The van der Waals surface area contributed by atoms with E-state index in [1.807, 2.05) is 5.32 Å². The lowest BCUT2D eigenvalue weighted by atomic mass is 9.83. The van der Waals surface area contributed by atoms with Gasteiger partial charge in [-0.3, -0.25) is 9.79 Å². The van der Waals surface area contributed by atoms with Crippen LogP contribution >= 0.6 is 0 Å². The Morgan fingerprint density at radius 1 is 1.15 bits per heavy atom. The lowest BCUT2D eigenvalue weighted by molar-refractivity contribution is -0.220. The van der Waals surface area contributed by atoms with E-state index in [9.17, 15) is 45.4 Å². The Bertz CT molecular complexity index is 1030. The molecule has 0 aliphatic rings. The van der Waals surface area contributed by atoms with Crippen LogP contribution in [-0.2, 0) is 16.1 Å². The van der Waals surface area contributed by atoms with Crippen molar-refractivity contribution in [3.8, 4) is 0 Å². The fraction of sp³-hybridized carbons (Fsp3) is 0.522. The number of halogens is 7. The number of benzene rings is 1. The number of hydrogen-bond donors (Lipinski definition) is 5. The normalized spacial score (nSPS) is 14.4. The van der Waals surface area contributed by atoms with E-state index in [4.69, 9.17) is 5.73 Å². The topological polar surface area (TPSA) is 138 Å². The molecule has 16 heteroatoms. The number of ether oxygens (including phenoxy) is 1. The van der Waals surface area contributed by atoms with E-state index in [0.29, 0.717) is 13.8 Å². The first-order valence-electron chi connectivity index (χ1n) is 11.3. The first kappa shape index (κ1) is 33.6. The number of alkyl carbamates (subject to hydrolysis) is 1. The van der Waals surface area contributed by atoms with Gasteiger partial charge in [0.1, 0.15) is 17.7 Å². The molecule has 39 heavy (non-hydrogen) atoms. The highest BCUT2D eigenvalue weighted by Crippen LogP contribution is 2.40. The molecule has 0 aliphatic heterocycles. The van der Waals surface area contributed by atoms with E-state index >= 15 is 0 Å². The van der Waals surface area contributed by atoms with E-state index in [1.54, 1.807) is 0 Å². The second-order valence-electron chi connectivity index (χ2n) is 8.76. The van der Waals surface area contributed by atoms with E-state index in [1.165, 1.54) is 0 Å². The summed E-state index contributed by atoms with van der Waals surface area (Å²) in [5.74, 6) is -3.26. The van der Waals surface area contributed by atoms with Crippen LogP contribution in [0.2, 0.25) is 0 Å². The van der Waals surface area contributed by atoms with Crippen LogP contribution in [0, 0.1) is 17.0 Å². The van der Waals surface area contributed by atoms with Crippen LogP contribution in [0.4, 0.5) is 35.5 Å². The molecular formula is C23H30F7N5O4. The Kier molecular flexibility index (Phi) is 12.7. The Morgan fingerprint density at radius 2 is 1.74 bits per heavy atom. The number of carbonyl (C=O) groups excluding carboxylic acids is 2. The summed E-state index contributed by atoms with van der Waals surface area (Å²) in [6, 6.07) is -0.287. The standard InChI is InChI=1S/C23H30F7N5O4/c1-22(2,23(28,29)30)19(35-21(38)39-3)20(37)34-9-13(36)8-33-10-14-15(24)6-12(7-16(14)25)17(31)4-5-32-11-18(26)27/h4-7,13,18-19,33,36H,8-11,31H2,1-3H3,(H,34,37)(H,35,38)/t13-,19?/m0/s1. The van der Waals surface area contributed by atoms with Gasteiger partial charge in [-0.05, 0) is 32.1 Å². The fourth-order valence-corrected chi connectivity index (χ4v) is 2.98. The zero-order chi connectivity index (χ0) is 30.0. The van der Waals surface area contributed by atoms with Crippen LogP contribution in [0.3, 0.4) is 0 Å². The summed E-state index contributed by atoms with van der Waals surface area (Å²) in [7, 11) is 0.903. The summed E-state index contributed by atoms with van der Waals surface area (Å²) >= 11 is 0. The molecule has 0 radical (unpaired) electrons. The van der Waals surface area contributed by atoms with Crippen LogP contribution in [-0.4, -0.2) is 74.8 Å². The van der Waals surface area contributed by atoms with Crippen LogP contribution in [0.25, 0.3) is 5.70 Å². The highest BCUT2D eigenvalue weighted by molar-refractivity contribution is 5.86. The minimum absolute atomic E-state index is 0.0723. The van der Waals surface area contributed by atoms with Gasteiger partial charge in [-0.2, -0.15) is 13.2 Å². The monoisotopic (exact) mass is 573 g/mol. The van der Waals surface area contributed by atoms with Crippen molar-refractivity contribution in [3.05, 3.63) is 41.0 Å². The third-order valence-corrected chi connectivity index (χ3v) is 5.43. The summed E-state index contributed by atoms with van der Waals surface area (Å²) in [6.07, 6.45) is -8.14. The van der Waals surface area contributed by atoms with E-state index in [0.717, 1.165) is 31.5 Å². The molecule has 1 rings (SSSR count). The second kappa shape index (κ2) is 14.7. The van der Waals surface area contributed by atoms with Gasteiger partial charge in [-0.15, -0.1) is 0 Å². The van der Waals surface area contributed by atoms with E-state index < -0.39 is 79.0 Å². The van der Waals surface area contributed by atoms with Crippen molar-refractivity contribution in [2.75, 3.05) is 26.7 Å². The number of rotatable bonds is 13. The number of alkyl halides is 5. The Balaban J connectivity index is 2.75. The molecule has 0 bridgehead atoms. The van der Waals surface area contributed by atoms with Gasteiger partial charge in [0.2, 0.25) is 5.91 Å². The molecule has 2 atom stereocenters. The first-order valence-corrected chi connectivity index (χ1v) is 11.3. The minimum Gasteiger partial charge on any atom is -0.453 e. The number of allylic oxidation sites excluding steroid dienone is 1. The molecule has 0 saturated heterocycles. The summed E-state index contributed by atoms with van der Waals surface area (Å²) < 4.78 is 97.5. The fourth-order valence-electron chi connectivity index (χ4n) is 2.98. The quantitative estimate of drug-likeness (QED) is 0.182. The Hall–Kier alpha value is -3.40. The maximum Gasteiger partial charge on any atom is 0.407 e. The largest absolute Gasteiger partial charge is 0.453 e. The van der Waals surface area contributed by atoms with Gasteiger partial charge in [0.15, 0.2) is 0 Å². The third kappa shape index (κ3) is 10.4. The summed E-state index contributed by atoms with van der Waals surface area (Å²) in [5, 5.41) is 16.5. The molecule has 0 saturated carbocycles. The molecule has 1 aromatic rings. The average molecular weight is 574 g/mol. The van der Waals surface area contributed by atoms with Crippen molar-refractivity contribution in [2.45, 2.75) is 45.1 Å². The number of aliphatic hydroxyl groups excluding tert-OH is 1. The van der Waals surface area contributed by atoms with E-state index in [-0.39, 0.29) is 17.8 Å². The van der Waals surface area contributed by atoms with Gasteiger partial charge in [-0.25, -0.2) is 22.4 Å². The zero-order valence-corrected chi connectivity index (χ0v) is 21.2. The van der Waals surface area contributed by atoms with Crippen molar-refractivity contribution < 1.29 is 50.2 Å². The zero-order valence-electron chi connectivity index (χ0n) is 21.2. The van der Waals surface area contributed by atoms with Crippen molar-refractivity contribution >= 4 is 23.9 Å². The highest BCUT2D eigenvalue weighted by Gasteiger charge is 2.55. The molecule has 1 unspecified atom stereocenters. The smallest absolute Gasteiger partial charge is 0.407 e. The van der Waals surface area contributed by atoms with Crippen LogP contribution in [0.1, 0.15) is 25.0 Å². The molecule has 2 amide bonds. The lowest BCUT2D eigenvalue weighted by Gasteiger charge is -2.35. The number of aliphatic hydroxyl groups is 1. The first-order chi connectivity index (χ1) is 18.0. The molecule has 1 aromatic carbocycles. The summed E-state index contributed by atoms with van der Waals surface area (Å²) in [6.45, 7) is -0.675. The average Bonchev–Trinajstić information content (AvgIpc) is 2.83. The number of methoxy groups -OCH3 is 1.